The third-order valence-corrected chi connectivity index (χ3v) is 8.93. The molecule has 2 amide bonds. The van der Waals surface area contributed by atoms with Crippen LogP contribution >= 0.6 is 34.5 Å². The van der Waals surface area contributed by atoms with Crippen LogP contribution in [0.4, 0.5) is 5.13 Å². The smallest absolute Gasteiger partial charge is 0.544 e. The van der Waals surface area contributed by atoms with E-state index < -0.39 is 5.97 Å². The number of piperidine rings is 1. The van der Waals surface area contributed by atoms with Crippen LogP contribution in [-0.2, 0) is 6.42 Å². The molecule has 0 radical (unpaired) electrons. The first kappa shape index (κ1) is 28.5. The Kier molecular flexibility index (Phi) is 8.50. The molecule has 3 heterocycles. The van der Waals surface area contributed by atoms with Crippen molar-refractivity contribution in [2.75, 3.05) is 24.5 Å². The molecule has 2 aliphatic rings. The summed E-state index contributed by atoms with van der Waals surface area (Å²) in [5.74, 6) is -1.22. The van der Waals surface area contributed by atoms with Gasteiger partial charge in [-0.1, -0.05) is 46.7 Å². The van der Waals surface area contributed by atoms with Gasteiger partial charge in [0, 0.05) is 55.2 Å². The van der Waals surface area contributed by atoms with Gasteiger partial charge in [-0.15, -0.1) is 0 Å². The first-order valence-electron chi connectivity index (χ1n) is 11.9. The number of aromatic nitrogens is 2. The number of nitrogens with zero attached hydrogens (tertiary/aromatic N) is 2. The normalized spacial score (nSPS) is 19.5. The Balaban J connectivity index is 0.00000336. The molecule has 13 heteroatoms. The zero-order valence-corrected chi connectivity index (χ0v) is 23.4. The number of halogens is 2. The summed E-state index contributed by atoms with van der Waals surface area (Å²) in [5, 5.41) is 18.8. The number of aromatic carboxylic acids is 1. The number of carbonyl (C=O) groups excluding carboxylic acids is 3. The van der Waals surface area contributed by atoms with Crippen molar-refractivity contribution in [2.45, 2.75) is 26.3 Å². The van der Waals surface area contributed by atoms with E-state index in [-0.39, 0.29) is 64.1 Å². The number of carbonyl (C=O) groups is 3. The summed E-state index contributed by atoms with van der Waals surface area (Å²) in [4.78, 5) is 46.1. The maximum absolute atomic E-state index is 12.6. The zero-order valence-electron chi connectivity index (χ0n) is 21.1. The number of nitrogens with one attached hydrogen (secondary N) is 3. The van der Waals surface area contributed by atoms with Crippen LogP contribution in [0.5, 0.6) is 0 Å². The van der Waals surface area contributed by atoms with Gasteiger partial charge in [-0.3, -0.25) is 9.59 Å². The summed E-state index contributed by atoms with van der Waals surface area (Å²) in [7, 11) is 0. The van der Waals surface area contributed by atoms with E-state index in [0.717, 1.165) is 16.9 Å². The predicted octanol–water partition coefficient (Wildman–Crippen LogP) is -0.341. The summed E-state index contributed by atoms with van der Waals surface area (Å²) in [6, 6.07) is 7.04. The van der Waals surface area contributed by atoms with Crippen molar-refractivity contribution in [3.8, 4) is 0 Å². The van der Waals surface area contributed by atoms with Gasteiger partial charge >= 0.3 is 18.9 Å². The number of H-pyrrole nitrogens is 1. The van der Waals surface area contributed by atoms with Crippen molar-refractivity contribution >= 4 is 57.5 Å². The molecule has 1 aliphatic heterocycles. The molecule has 3 aromatic rings. The molecule has 1 aliphatic carbocycles. The average molecular weight is 568 g/mol. The molecule has 1 aromatic carbocycles. The van der Waals surface area contributed by atoms with Gasteiger partial charge < -0.3 is 30.4 Å². The maximum atomic E-state index is 12.6. The molecule has 1 saturated heterocycles. The van der Waals surface area contributed by atoms with Crippen LogP contribution in [0.15, 0.2) is 24.3 Å². The quantitative estimate of drug-likeness (QED) is 0.319. The van der Waals surface area contributed by atoms with Crippen molar-refractivity contribution in [3.05, 3.63) is 67.4 Å². The Morgan fingerprint density at radius 1 is 1.13 bits per heavy atom. The molecule has 194 valence electrons. The number of hydrogen-bond acceptors (Lipinski definition) is 7. The minimum atomic E-state index is -1.26. The van der Waals surface area contributed by atoms with Gasteiger partial charge in [0.2, 0.25) is 0 Å². The monoisotopic (exact) mass is 567 g/mol. The van der Waals surface area contributed by atoms with E-state index in [4.69, 9.17) is 23.2 Å². The van der Waals surface area contributed by atoms with E-state index in [9.17, 15) is 19.5 Å². The predicted molar refractivity (Wildman–Crippen MR) is 140 cm³/mol. The van der Waals surface area contributed by atoms with Gasteiger partial charge in [-0.25, -0.2) is 4.98 Å². The third kappa shape index (κ3) is 5.47. The maximum Gasteiger partial charge on any atom is 1.00 e. The first-order chi connectivity index (χ1) is 17.7. The van der Waals surface area contributed by atoms with Crippen LogP contribution < -0.4 is 39.5 Å². The second-order valence-electron chi connectivity index (χ2n) is 9.28. The molecular weight excluding hydrogens is 544 g/mol. The third-order valence-electron chi connectivity index (χ3n) is 6.84. The molecule has 1 saturated carbocycles. The summed E-state index contributed by atoms with van der Waals surface area (Å²) >= 11 is 13.3. The van der Waals surface area contributed by atoms with Crippen molar-refractivity contribution in [2.24, 2.45) is 11.8 Å². The fraction of sp³-hybridized carbons (Fsp3) is 0.360. The zero-order chi connectivity index (χ0) is 26.4. The van der Waals surface area contributed by atoms with Gasteiger partial charge in [0.25, 0.3) is 11.8 Å². The number of aromatic amines is 1. The summed E-state index contributed by atoms with van der Waals surface area (Å²) < 4.78 is 0. The minimum Gasteiger partial charge on any atom is -0.544 e. The Hall–Kier alpha value is -2.48. The van der Waals surface area contributed by atoms with Gasteiger partial charge in [0.1, 0.15) is 5.69 Å². The van der Waals surface area contributed by atoms with Crippen LogP contribution in [0.3, 0.4) is 0 Å². The van der Waals surface area contributed by atoms with E-state index >= 15 is 0 Å². The number of amides is 2. The van der Waals surface area contributed by atoms with Crippen LogP contribution in [0.1, 0.15) is 54.4 Å². The number of carboxylic acid groups (broad SMARTS) is 1. The SMILES string of the molecule is CCNC(=O)c1ccc(Cc2nc(N3C[C@@H]4[C@H](C3)[C@@H]4NC(=O)c3[nH]c(C)c(Cl)c3Cl)sc2C(=O)[O-])cc1.[Li+]. The Labute approximate surface area is 245 Å². The number of hydrogen-bond donors (Lipinski definition) is 3. The average Bonchev–Trinajstić information content (AvgIpc) is 3.22. The minimum absolute atomic E-state index is 0. The molecule has 9 nitrogen and oxygen atoms in total. The largest absolute Gasteiger partial charge is 1.00 e. The van der Waals surface area contributed by atoms with Gasteiger partial charge in [0.15, 0.2) is 5.13 Å². The van der Waals surface area contributed by atoms with Crippen LogP contribution in [-0.4, -0.2) is 53.4 Å². The number of benzene rings is 1. The van der Waals surface area contributed by atoms with E-state index in [1.165, 1.54) is 0 Å². The van der Waals surface area contributed by atoms with Crippen molar-refractivity contribution in [1.82, 2.24) is 20.6 Å². The van der Waals surface area contributed by atoms with Crippen molar-refractivity contribution in [1.29, 1.82) is 0 Å². The first-order valence-corrected chi connectivity index (χ1v) is 13.4. The summed E-state index contributed by atoms with van der Waals surface area (Å²) in [6.45, 7) is 5.46. The molecule has 3 atom stereocenters. The van der Waals surface area contributed by atoms with Crippen molar-refractivity contribution in [3.63, 3.8) is 0 Å². The second kappa shape index (κ2) is 11.3. The van der Waals surface area contributed by atoms with Gasteiger partial charge in [-0.05, 0) is 31.5 Å². The van der Waals surface area contributed by atoms with E-state index in [1.54, 1.807) is 31.2 Å². The van der Waals surface area contributed by atoms with Crippen LogP contribution in [0.25, 0.3) is 0 Å². The summed E-state index contributed by atoms with van der Waals surface area (Å²) in [6.07, 6.45) is 0.313. The Morgan fingerprint density at radius 2 is 1.79 bits per heavy atom. The van der Waals surface area contributed by atoms with E-state index in [1.807, 2.05) is 6.92 Å². The molecule has 0 bridgehead atoms. The number of rotatable bonds is 8. The fourth-order valence-electron chi connectivity index (χ4n) is 4.83. The number of carboxylic acids is 1. The molecule has 5 rings (SSSR count). The van der Waals surface area contributed by atoms with Crippen molar-refractivity contribution < 1.29 is 38.4 Å². The molecule has 2 aromatic heterocycles. The Bertz CT molecular complexity index is 1380. The standard InChI is InChI=1S/C25H25Cl2N5O4S.Li/c1-3-28-22(33)13-6-4-12(5-7-13)8-16-21(24(35)36)37-25(30-16)32-9-14-15(10-32)19(14)31-23(34)20-18(27)17(26)11(2)29-20;/h4-7,14-15,19,29H,3,8-10H2,1-2H3,(H,28,33)(H,31,34)(H,35,36);/q;+1/p-1/t14-,15+,19-;. The number of anilines is 1. The molecule has 0 spiro atoms. The number of fused-ring (bicyclic) bond motifs is 1. The molecular formula is C25H24Cl2LiN5O4S. The van der Waals surface area contributed by atoms with Crippen LogP contribution in [0, 0.1) is 18.8 Å². The summed E-state index contributed by atoms with van der Waals surface area (Å²) in [5.41, 5.74) is 2.72. The molecule has 2 fully saturated rings. The molecule has 0 unspecified atom stereocenters. The second-order valence-corrected chi connectivity index (χ2v) is 11.0. The fourth-order valence-corrected chi connectivity index (χ4v) is 6.18. The van der Waals surface area contributed by atoms with Gasteiger partial charge in [-0.2, -0.15) is 0 Å². The van der Waals surface area contributed by atoms with E-state index in [0.29, 0.717) is 53.2 Å². The van der Waals surface area contributed by atoms with E-state index in [2.05, 4.69) is 25.5 Å². The van der Waals surface area contributed by atoms with Gasteiger partial charge in [0.05, 0.1) is 26.6 Å². The number of thiazole rings is 1. The molecule has 38 heavy (non-hydrogen) atoms. The number of aryl methyl sites for hydroxylation is 1. The molecule has 3 N–H and O–H groups in total. The Morgan fingerprint density at radius 3 is 2.34 bits per heavy atom. The topological polar surface area (TPSA) is 130 Å². The van der Waals surface area contributed by atoms with Crippen LogP contribution in [0.2, 0.25) is 10.0 Å².